The summed E-state index contributed by atoms with van der Waals surface area (Å²) in [4.78, 5) is 2.61. The summed E-state index contributed by atoms with van der Waals surface area (Å²) in [6.07, 6.45) is 3.58. The van der Waals surface area contributed by atoms with E-state index in [1.807, 2.05) is 6.08 Å². The van der Waals surface area contributed by atoms with Crippen LogP contribution in [0.25, 0.3) is 16.5 Å². The second-order valence-corrected chi connectivity index (χ2v) is 2.41. The lowest BCUT2D eigenvalue weighted by Gasteiger charge is -1.92. The molecule has 0 saturated carbocycles. The van der Waals surface area contributed by atoms with Crippen LogP contribution in [0.1, 0.15) is 5.56 Å². The molecule has 0 aliphatic carbocycles. The summed E-state index contributed by atoms with van der Waals surface area (Å²) in [5, 5.41) is 12.3. The number of rotatable bonds is 3. The minimum Gasteiger partial charge on any atom is -0.508 e. The van der Waals surface area contributed by atoms with Crippen LogP contribution in [0.4, 0.5) is 0 Å². The van der Waals surface area contributed by atoms with Crippen molar-refractivity contribution in [3.8, 4) is 5.75 Å². The minimum atomic E-state index is 0.243. The molecular formula is C9H9N3O. The number of azide groups is 1. The molecular weight excluding hydrogens is 166 g/mol. The first kappa shape index (κ1) is 9.16. The van der Waals surface area contributed by atoms with Gasteiger partial charge in [-0.2, -0.15) is 0 Å². The second-order valence-electron chi connectivity index (χ2n) is 2.41. The molecule has 1 N–H and O–H groups in total. The Labute approximate surface area is 75.8 Å². The molecule has 4 nitrogen and oxygen atoms in total. The molecule has 0 saturated heterocycles. The van der Waals surface area contributed by atoms with Gasteiger partial charge in [0.1, 0.15) is 5.75 Å². The number of hydrogen-bond donors (Lipinski definition) is 1. The van der Waals surface area contributed by atoms with E-state index in [9.17, 15) is 0 Å². The van der Waals surface area contributed by atoms with Crippen molar-refractivity contribution < 1.29 is 5.11 Å². The van der Waals surface area contributed by atoms with Crippen molar-refractivity contribution in [2.24, 2.45) is 5.11 Å². The van der Waals surface area contributed by atoms with Crippen LogP contribution in [0.15, 0.2) is 35.5 Å². The lowest BCUT2D eigenvalue weighted by atomic mass is 10.2. The van der Waals surface area contributed by atoms with Crippen LogP contribution in [-0.4, -0.2) is 11.7 Å². The number of nitrogens with zero attached hydrogens (tertiary/aromatic N) is 3. The lowest BCUT2D eigenvalue weighted by Crippen LogP contribution is -1.72. The molecule has 1 rings (SSSR count). The predicted octanol–water partition coefficient (Wildman–Crippen LogP) is 2.72. The highest BCUT2D eigenvalue weighted by molar-refractivity contribution is 5.50. The SMILES string of the molecule is [N-]=[N+]=NCC=Cc1ccc(O)cc1. The van der Waals surface area contributed by atoms with Gasteiger partial charge in [-0.3, -0.25) is 0 Å². The zero-order valence-corrected chi connectivity index (χ0v) is 6.96. The maximum atomic E-state index is 8.98. The molecule has 0 heterocycles. The minimum absolute atomic E-state index is 0.243. The van der Waals surface area contributed by atoms with Crippen molar-refractivity contribution in [2.45, 2.75) is 0 Å². The molecule has 66 valence electrons. The number of phenols is 1. The Morgan fingerprint density at radius 3 is 2.69 bits per heavy atom. The summed E-state index contributed by atoms with van der Waals surface area (Å²) in [6.45, 7) is 0.345. The maximum absolute atomic E-state index is 8.98. The molecule has 0 unspecified atom stereocenters. The Morgan fingerprint density at radius 2 is 2.08 bits per heavy atom. The Hall–Kier alpha value is -1.93. The van der Waals surface area contributed by atoms with Gasteiger partial charge in [-0.25, -0.2) is 0 Å². The van der Waals surface area contributed by atoms with Crippen LogP contribution in [0.5, 0.6) is 5.75 Å². The Bertz CT molecular complexity index is 336. The zero-order chi connectivity index (χ0) is 9.52. The maximum Gasteiger partial charge on any atom is 0.115 e. The second kappa shape index (κ2) is 4.85. The van der Waals surface area contributed by atoms with Gasteiger partial charge in [0.25, 0.3) is 0 Å². The highest BCUT2D eigenvalue weighted by Gasteiger charge is 1.86. The summed E-state index contributed by atoms with van der Waals surface area (Å²) in [5.41, 5.74) is 8.96. The molecule has 4 heteroatoms. The summed E-state index contributed by atoms with van der Waals surface area (Å²) < 4.78 is 0. The van der Waals surface area contributed by atoms with E-state index in [0.717, 1.165) is 5.56 Å². The molecule has 1 aromatic carbocycles. The number of benzene rings is 1. The third kappa shape index (κ3) is 3.31. The summed E-state index contributed by atoms with van der Waals surface area (Å²) in [6, 6.07) is 6.77. The van der Waals surface area contributed by atoms with Crippen LogP contribution in [0, 0.1) is 0 Å². The molecule has 0 aliphatic rings. The van der Waals surface area contributed by atoms with Crippen LogP contribution in [-0.2, 0) is 0 Å². The molecule has 13 heavy (non-hydrogen) atoms. The van der Waals surface area contributed by atoms with Gasteiger partial charge in [-0.15, -0.1) is 0 Å². The van der Waals surface area contributed by atoms with E-state index < -0.39 is 0 Å². The molecule has 1 aromatic rings. The van der Waals surface area contributed by atoms with Gasteiger partial charge >= 0.3 is 0 Å². The molecule has 0 bridgehead atoms. The van der Waals surface area contributed by atoms with Crippen molar-refractivity contribution in [3.05, 3.63) is 46.3 Å². The monoisotopic (exact) mass is 175 g/mol. The quantitative estimate of drug-likeness (QED) is 0.428. The first-order valence-corrected chi connectivity index (χ1v) is 3.79. The third-order valence-corrected chi connectivity index (χ3v) is 1.45. The number of aromatic hydroxyl groups is 1. The van der Waals surface area contributed by atoms with Gasteiger partial charge in [0, 0.05) is 11.5 Å². The topological polar surface area (TPSA) is 69.0 Å². The van der Waals surface area contributed by atoms with E-state index in [2.05, 4.69) is 10.0 Å². The van der Waals surface area contributed by atoms with E-state index in [-0.39, 0.29) is 5.75 Å². The smallest absolute Gasteiger partial charge is 0.115 e. The first-order chi connectivity index (χ1) is 6.33. The average molecular weight is 175 g/mol. The van der Waals surface area contributed by atoms with Gasteiger partial charge in [0.05, 0.1) is 0 Å². The van der Waals surface area contributed by atoms with Crippen molar-refractivity contribution >= 4 is 6.08 Å². The summed E-state index contributed by atoms with van der Waals surface area (Å²) in [7, 11) is 0. The fourth-order valence-electron chi connectivity index (χ4n) is 0.858. The van der Waals surface area contributed by atoms with Crippen molar-refractivity contribution in [1.29, 1.82) is 0 Å². The molecule has 0 aromatic heterocycles. The highest BCUT2D eigenvalue weighted by Crippen LogP contribution is 2.10. The van der Waals surface area contributed by atoms with Crippen LogP contribution in [0.2, 0.25) is 0 Å². The van der Waals surface area contributed by atoms with E-state index >= 15 is 0 Å². The molecule has 0 fully saturated rings. The fraction of sp³-hybridized carbons (Fsp3) is 0.111. The lowest BCUT2D eigenvalue weighted by molar-refractivity contribution is 0.475. The molecule has 0 atom stereocenters. The van der Waals surface area contributed by atoms with Gasteiger partial charge < -0.3 is 5.11 Å². The van der Waals surface area contributed by atoms with Crippen molar-refractivity contribution in [2.75, 3.05) is 6.54 Å². The third-order valence-electron chi connectivity index (χ3n) is 1.45. The normalized spacial score (nSPS) is 9.85. The molecule has 0 aliphatic heterocycles. The van der Waals surface area contributed by atoms with E-state index in [0.29, 0.717) is 6.54 Å². The average Bonchev–Trinajstić information content (AvgIpc) is 2.15. The Kier molecular flexibility index (Phi) is 3.42. The predicted molar refractivity (Wildman–Crippen MR) is 51.2 cm³/mol. The van der Waals surface area contributed by atoms with Gasteiger partial charge in [-0.05, 0) is 23.2 Å². The van der Waals surface area contributed by atoms with E-state index in [1.54, 1.807) is 30.3 Å². The Balaban J connectivity index is 2.58. The molecule has 0 spiro atoms. The first-order valence-electron chi connectivity index (χ1n) is 3.79. The fourth-order valence-corrected chi connectivity index (χ4v) is 0.858. The number of phenolic OH excluding ortho intramolecular Hbond substituents is 1. The van der Waals surface area contributed by atoms with Crippen LogP contribution < -0.4 is 0 Å². The molecule has 0 amide bonds. The molecule has 0 radical (unpaired) electrons. The van der Waals surface area contributed by atoms with Crippen LogP contribution >= 0.6 is 0 Å². The van der Waals surface area contributed by atoms with Gasteiger partial charge in [-0.1, -0.05) is 29.4 Å². The zero-order valence-electron chi connectivity index (χ0n) is 6.96. The van der Waals surface area contributed by atoms with E-state index in [4.69, 9.17) is 10.6 Å². The van der Waals surface area contributed by atoms with Gasteiger partial charge in [0.15, 0.2) is 0 Å². The number of hydrogen-bond acceptors (Lipinski definition) is 2. The highest BCUT2D eigenvalue weighted by atomic mass is 16.3. The van der Waals surface area contributed by atoms with Crippen molar-refractivity contribution in [1.82, 2.24) is 0 Å². The standard InChI is InChI=1S/C9H9N3O/c10-12-11-7-1-2-8-3-5-9(13)6-4-8/h1-6,13H,7H2. The largest absolute Gasteiger partial charge is 0.508 e. The van der Waals surface area contributed by atoms with Crippen LogP contribution in [0.3, 0.4) is 0 Å². The summed E-state index contributed by atoms with van der Waals surface area (Å²) >= 11 is 0. The van der Waals surface area contributed by atoms with Gasteiger partial charge in [0.2, 0.25) is 0 Å². The van der Waals surface area contributed by atoms with E-state index in [1.165, 1.54) is 0 Å². The van der Waals surface area contributed by atoms with Crippen molar-refractivity contribution in [3.63, 3.8) is 0 Å². The Morgan fingerprint density at radius 1 is 1.38 bits per heavy atom. The summed E-state index contributed by atoms with van der Waals surface area (Å²) in [5.74, 6) is 0.243.